The maximum Gasteiger partial charge on any atom is 0.119 e. The lowest BCUT2D eigenvalue weighted by molar-refractivity contribution is 0.117. The number of nitrogens with one attached hydrogen (secondary N) is 1. The Hall–Kier alpha value is -1.71. The number of benzene rings is 2. The third kappa shape index (κ3) is 4.15. The first kappa shape index (κ1) is 14.7. The van der Waals surface area contributed by atoms with Crippen molar-refractivity contribution in [3.8, 4) is 5.75 Å². The molecule has 0 spiro atoms. The Morgan fingerprint density at radius 1 is 1.15 bits per heavy atom. The quantitative estimate of drug-likeness (QED) is 0.856. The van der Waals surface area contributed by atoms with Gasteiger partial charge in [-0.15, -0.1) is 0 Å². The Kier molecular flexibility index (Phi) is 5.27. The number of para-hydroxylation sites is 2. The molecule has 2 rings (SSSR count). The molecule has 0 aliphatic carbocycles. The summed E-state index contributed by atoms with van der Waals surface area (Å²) in [5.74, 6) is 0.750. The van der Waals surface area contributed by atoms with Gasteiger partial charge < -0.3 is 15.2 Å². The summed E-state index contributed by atoms with van der Waals surface area (Å²) in [4.78, 5) is 0. The maximum atomic E-state index is 9.92. The summed E-state index contributed by atoms with van der Waals surface area (Å²) in [7, 11) is 0. The largest absolute Gasteiger partial charge is 0.491 e. The number of ether oxygens (including phenoxy) is 1. The zero-order chi connectivity index (χ0) is 14.4. The standard InChI is InChI=1S/C16H18ClNO2/c1-12-6-5-9-15(17)16(12)18-10-13(19)11-20-14-7-3-2-4-8-14/h2-9,13,18-19H,10-11H2,1H3. The van der Waals surface area contributed by atoms with Crippen molar-refractivity contribution in [1.29, 1.82) is 0 Å². The second-order valence-electron chi connectivity index (χ2n) is 4.59. The van der Waals surface area contributed by atoms with Gasteiger partial charge in [0.05, 0.1) is 10.7 Å². The molecule has 0 bridgehead atoms. The first-order valence-corrected chi connectivity index (χ1v) is 6.89. The molecule has 0 aliphatic heterocycles. The van der Waals surface area contributed by atoms with Crippen LogP contribution in [0.4, 0.5) is 5.69 Å². The molecule has 0 saturated heterocycles. The Morgan fingerprint density at radius 3 is 2.60 bits per heavy atom. The van der Waals surface area contributed by atoms with Crippen LogP contribution in [0.3, 0.4) is 0 Å². The molecule has 0 heterocycles. The Bertz CT molecular complexity index is 525. The van der Waals surface area contributed by atoms with Crippen LogP contribution in [0.15, 0.2) is 48.5 Å². The molecule has 2 N–H and O–H groups in total. The van der Waals surface area contributed by atoms with Gasteiger partial charge in [-0.05, 0) is 30.7 Å². The highest BCUT2D eigenvalue weighted by Crippen LogP contribution is 2.25. The molecule has 1 atom stereocenters. The van der Waals surface area contributed by atoms with E-state index in [0.717, 1.165) is 17.0 Å². The average molecular weight is 292 g/mol. The molecular formula is C16H18ClNO2. The SMILES string of the molecule is Cc1cccc(Cl)c1NCC(O)COc1ccccc1. The number of aliphatic hydroxyl groups excluding tert-OH is 1. The van der Waals surface area contributed by atoms with E-state index < -0.39 is 6.10 Å². The Morgan fingerprint density at radius 2 is 1.90 bits per heavy atom. The highest BCUT2D eigenvalue weighted by atomic mass is 35.5. The third-order valence-corrected chi connectivity index (χ3v) is 3.24. The molecule has 0 fully saturated rings. The van der Waals surface area contributed by atoms with Gasteiger partial charge in [0.2, 0.25) is 0 Å². The Labute approximate surface area is 124 Å². The fourth-order valence-electron chi connectivity index (χ4n) is 1.84. The van der Waals surface area contributed by atoms with Gasteiger partial charge >= 0.3 is 0 Å². The minimum atomic E-state index is -0.606. The first-order chi connectivity index (χ1) is 9.66. The van der Waals surface area contributed by atoms with Crippen LogP contribution in [0, 0.1) is 6.92 Å². The minimum absolute atomic E-state index is 0.237. The third-order valence-electron chi connectivity index (χ3n) is 2.92. The summed E-state index contributed by atoms with van der Waals surface area (Å²) in [5, 5.41) is 13.7. The van der Waals surface area contributed by atoms with E-state index in [1.54, 1.807) is 0 Å². The van der Waals surface area contributed by atoms with Crippen LogP contribution in [0.1, 0.15) is 5.56 Å². The fourth-order valence-corrected chi connectivity index (χ4v) is 2.13. The molecule has 4 heteroatoms. The van der Waals surface area contributed by atoms with E-state index in [1.807, 2.05) is 55.5 Å². The topological polar surface area (TPSA) is 41.5 Å². The molecule has 0 aromatic heterocycles. The summed E-state index contributed by atoms with van der Waals surface area (Å²) in [5.41, 5.74) is 1.90. The number of aryl methyl sites for hydroxylation is 1. The molecule has 1 unspecified atom stereocenters. The zero-order valence-electron chi connectivity index (χ0n) is 11.3. The number of rotatable bonds is 6. The van der Waals surface area contributed by atoms with Gasteiger partial charge in [0.15, 0.2) is 0 Å². The van der Waals surface area contributed by atoms with E-state index in [4.69, 9.17) is 16.3 Å². The zero-order valence-corrected chi connectivity index (χ0v) is 12.1. The smallest absolute Gasteiger partial charge is 0.119 e. The van der Waals surface area contributed by atoms with Crippen molar-refractivity contribution in [3.05, 3.63) is 59.1 Å². The fraction of sp³-hybridized carbons (Fsp3) is 0.250. The van der Waals surface area contributed by atoms with Crippen molar-refractivity contribution in [2.24, 2.45) is 0 Å². The van der Waals surface area contributed by atoms with Gasteiger partial charge in [-0.25, -0.2) is 0 Å². The van der Waals surface area contributed by atoms with Crippen LogP contribution in [-0.4, -0.2) is 24.4 Å². The lowest BCUT2D eigenvalue weighted by Crippen LogP contribution is -2.26. The Balaban J connectivity index is 1.82. The van der Waals surface area contributed by atoms with E-state index in [9.17, 15) is 5.11 Å². The van der Waals surface area contributed by atoms with Crippen molar-refractivity contribution in [1.82, 2.24) is 0 Å². The van der Waals surface area contributed by atoms with Crippen LogP contribution in [0.5, 0.6) is 5.75 Å². The lowest BCUT2D eigenvalue weighted by atomic mass is 10.2. The van der Waals surface area contributed by atoms with E-state index in [-0.39, 0.29) is 6.61 Å². The average Bonchev–Trinajstić information content (AvgIpc) is 2.46. The molecule has 0 aliphatic rings. The summed E-state index contributed by atoms with van der Waals surface area (Å²) in [6, 6.07) is 15.1. The number of anilines is 1. The van der Waals surface area contributed by atoms with E-state index in [0.29, 0.717) is 11.6 Å². The van der Waals surface area contributed by atoms with Gasteiger partial charge in [-0.3, -0.25) is 0 Å². The second kappa shape index (κ2) is 7.17. The highest BCUT2D eigenvalue weighted by Gasteiger charge is 2.08. The van der Waals surface area contributed by atoms with Crippen molar-refractivity contribution in [2.75, 3.05) is 18.5 Å². The van der Waals surface area contributed by atoms with Gasteiger partial charge in [0, 0.05) is 6.54 Å². The van der Waals surface area contributed by atoms with Crippen LogP contribution in [0.2, 0.25) is 5.02 Å². The molecule has 0 amide bonds. The van der Waals surface area contributed by atoms with Gasteiger partial charge in [-0.2, -0.15) is 0 Å². The summed E-state index contributed by atoms with van der Waals surface area (Å²) in [6.07, 6.45) is -0.606. The van der Waals surface area contributed by atoms with Gasteiger partial charge in [0.1, 0.15) is 18.5 Å². The van der Waals surface area contributed by atoms with E-state index in [2.05, 4.69) is 5.32 Å². The van der Waals surface area contributed by atoms with Gasteiger partial charge in [0.25, 0.3) is 0 Å². The molecule has 2 aromatic carbocycles. The summed E-state index contributed by atoms with van der Waals surface area (Å²) >= 11 is 6.11. The van der Waals surface area contributed by atoms with Crippen LogP contribution in [-0.2, 0) is 0 Å². The predicted octanol–water partition coefficient (Wildman–Crippen LogP) is 3.50. The van der Waals surface area contributed by atoms with Gasteiger partial charge in [-0.1, -0.05) is 41.9 Å². The molecular weight excluding hydrogens is 274 g/mol. The number of hydrogen-bond acceptors (Lipinski definition) is 3. The van der Waals surface area contributed by atoms with E-state index in [1.165, 1.54) is 0 Å². The molecule has 0 radical (unpaired) electrons. The van der Waals surface area contributed by atoms with Crippen molar-refractivity contribution in [2.45, 2.75) is 13.0 Å². The monoisotopic (exact) mass is 291 g/mol. The molecule has 20 heavy (non-hydrogen) atoms. The lowest BCUT2D eigenvalue weighted by Gasteiger charge is -2.16. The van der Waals surface area contributed by atoms with Crippen LogP contribution >= 0.6 is 11.6 Å². The molecule has 0 saturated carbocycles. The van der Waals surface area contributed by atoms with Crippen molar-refractivity contribution < 1.29 is 9.84 Å². The molecule has 2 aromatic rings. The predicted molar refractivity (Wildman–Crippen MR) is 82.6 cm³/mol. The molecule has 3 nitrogen and oxygen atoms in total. The number of hydrogen-bond donors (Lipinski definition) is 2. The second-order valence-corrected chi connectivity index (χ2v) is 5.00. The van der Waals surface area contributed by atoms with Crippen LogP contribution in [0.25, 0.3) is 0 Å². The summed E-state index contributed by atoms with van der Waals surface area (Å²) < 4.78 is 5.49. The number of halogens is 1. The molecule has 106 valence electrons. The van der Waals surface area contributed by atoms with Crippen molar-refractivity contribution >= 4 is 17.3 Å². The minimum Gasteiger partial charge on any atom is -0.491 e. The van der Waals surface area contributed by atoms with Crippen molar-refractivity contribution in [3.63, 3.8) is 0 Å². The van der Waals surface area contributed by atoms with E-state index >= 15 is 0 Å². The highest BCUT2D eigenvalue weighted by molar-refractivity contribution is 6.33. The summed E-state index contributed by atoms with van der Waals surface area (Å²) in [6.45, 7) is 2.60. The first-order valence-electron chi connectivity index (χ1n) is 6.51. The maximum absolute atomic E-state index is 9.92. The van der Waals surface area contributed by atoms with Crippen LogP contribution < -0.4 is 10.1 Å². The number of aliphatic hydroxyl groups is 1. The normalized spacial score (nSPS) is 11.9.